The Balaban J connectivity index is 2.24. The predicted molar refractivity (Wildman–Crippen MR) is 36.2 cm³/mol. The maximum atomic E-state index is 6.66. The molecular weight excluding hydrogens is 130 g/mol. The minimum atomic E-state index is -0.0936. The Morgan fingerprint density at radius 2 is 2.10 bits per heavy atom. The first-order valence-electron chi connectivity index (χ1n) is 3.49. The number of rotatable bonds is 2. The first-order chi connectivity index (χ1) is 4.84. The predicted octanol–water partition coefficient (Wildman–Crippen LogP) is 0.227. The van der Waals surface area contributed by atoms with Crippen molar-refractivity contribution in [3.8, 4) is 0 Å². The molecule has 1 saturated heterocycles. The summed E-state index contributed by atoms with van der Waals surface area (Å²) in [5.41, 5.74) is 0. The van der Waals surface area contributed by atoms with Crippen LogP contribution >= 0.6 is 0 Å². The molecule has 0 aromatic carbocycles. The molecule has 0 spiro atoms. The largest absolute Gasteiger partial charge is 0.379 e. The van der Waals surface area contributed by atoms with E-state index in [1.54, 1.807) is 0 Å². The first-order valence-corrected chi connectivity index (χ1v) is 3.49. The fraction of sp³-hybridized carbons (Fsp3) is 0.857. The Labute approximate surface area is 61.9 Å². The van der Waals surface area contributed by atoms with Crippen LogP contribution in [0, 0.1) is 7.11 Å². The van der Waals surface area contributed by atoms with E-state index in [2.05, 4.69) is 9.64 Å². The Morgan fingerprint density at radius 3 is 2.60 bits per heavy atom. The highest BCUT2D eigenvalue weighted by atomic mass is 16.5. The van der Waals surface area contributed by atoms with Gasteiger partial charge in [-0.3, -0.25) is 4.90 Å². The lowest BCUT2D eigenvalue weighted by Crippen LogP contribution is -2.42. The fourth-order valence-corrected chi connectivity index (χ4v) is 1.02. The first kappa shape index (κ1) is 7.98. The molecule has 0 bridgehead atoms. The summed E-state index contributed by atoms with van der Waals surface area (Å²) in [6.45, 7) is 5.14. The SMILES string of the molecule is [C]OC(C)N1CCOCC1. The van der Waals surface area contributed by atoms with E-state index in [9.17, 15) is 0 Å². The number of hydrogen-bond acceptors (Lipinski definition) is 3. The average Bonchev–Trinajstić information content (AvgIpc) is 2.05. The maximum absolute atomic E-state index is 6.66. The standard InChI is InChI=1S/C7H12NO2/c1-7(9-2)8-3-5-10-6-4-8/h7H,3-6H2,1H3. The topological polar surface area (TPSA) is 21.7 Å². The summed E-state index contributed by atoms with van der Waals surface area (Å²) in [4.78, 5) is 2.08. The summed E-state index contributed by atoms with van der Waals surface area (Å²) >= 11 is 0. The molecule has 1 fully saturated rings. The lowest BCUT2D eigenvalue weighted by atomic mass is 10.4. The zero-order valence-electron chi connectivity index (χ0n) is 6.17. The second kappa shape index (κ2) is 3.91. The fourth-order valence-electron chi connectivity index (χ4n) is 1.02. The van der Waals surface area contributed by atoms with Crippen LogP contribution in [0.4, 0.5) is 0 Å². The van der Waals surface area contributed by atoms with Crippen LogP contribution in [-0.4, -0.2) is 37.4 Å². The van der Waals surface area contributed by atoms with Crippen molar-refractivity contribution in [3.63, 3.8) is 0 Å². The minimum Gasteiger partial charge on any atom is -0.379 e. The molecular formula is C7H12NO2. The van der Waals surface area contributed by atoms with Crippen LogP contribution in [-0.2, 0) is 9.47 Å². The molecule has 1 atom stereocenters. The van der Waals surface area contributed by atoms with Gasteiger partial charge >= 0.3 is 0 Å². The van der Waals surface area contributed by atoms with Gasteiger partial charge in [-0.05, 0) is 6.92 Å². The highest BCUT2D eigenvalue weighted by molar-refractivity contribution is 4.62. The van der Waals surface area contributed by atoms with Crippen molar-refractivity contribution in [2.45, 2.75) is 13.2 Å². The van der Waals surface area contributed by atoms with Gasteiger partial charge in [0.25, 0.3) is 0 Å². The van der Waals surface area contributed by atoms with Gasteiger partial charge < -0.3 is 9.47 Å². The summed E-state index contributed by atoms with van der Waals surface area (Å²) in [7, 11) is 6.66. The molecule has 57 valence electrons. The summed E-state index contributed by atoms with van der Waals surface area (Å²) in [6, 6.07) is 0. The summed E-state index contributed by atoms with van der Waals surface area (Å²) < 4.78 is 9.55. The summed E-state index contributed by atoms with van der Waals surface area (Å²) in [6.07, 6.45) is -0.0936. The molecule has 3 heteroatoms. The van der Waals surface area contributed by atoms with Crippen molar-refractivity contribution in [2.24, 2.45) is 0 Å². The smallest absolute Gasteiger partial charge is 0.175 e. The van der Waals surface area contributed by atoms with Gasteiger partial charge in [-0.15, -0.1) is 0 Å². The molecule has 1 rings (SSSR count). The van der Waals surface area contributed by atoms with E-state index in [-0.39, 0.29) is 6.23 Å². The van der Waals surface area contributed by atoms with Crippen molar-refractivity contribution in [1.29, 1.82) is 0 Å². The molecule has 0 aliphatic carbocycles. The molecule has 1 heterocycles. The molecule has 1 unspecified atom stereocenters. The van der Waals surface area contributed by atoms with Gasteiger partial charge in [-0.1, -0.05) is 0 Å². The Bertz CT molecular complexity index is 91.6. The maximum Gasteiger partial charge on any atom is 0.175 e. The van der Waals surface area contributed by atoms with E-state index < -0.39 is 0 Å². The van der Waals surface area contributed by atoms with Gasteiger partial charge in [0.05, 0.1) is 13.2 Å². The molecule has 0 aromatic rings. The number of ether oxygens (including phenoxy) is 2. The second-order valence-electron chi connectivity index (χ2n) is 2.37. The van der Waals surface area contributed by atoms with E-state index in [1.165, 1.54) is 0 Å². The number of nitrogens with zero attached hydrogens (tertiary/aromatic N) is 1. The Morgan fingerprint density at radius 1 is 1.50 bits per heavy atom. The van der Waals surface area contributed by atoms with E-state index >= 15 is 0 Å². The normalized spacial score (nSPS) is 24.6. The zero-order chi connectivity index (χ0) is 7.40. The molecule has 10 heavy (non-hydrogen) atoms. The van der Waals surface area contributed by atoms with Crippen molar-refractivity contribution in [1.82, 2.24) is 4.90 Å². The highest BCUT2D eigenvalue weighted by Gasteiger charge is 2.15. The average molecular weight is 142 g/mol. The van der Waals surface area contributed by atoms with Crippen LogP contribution in [0.3, 0.4) is 0 Å². The van der Waals surface area contributed by atoms with Gasteiger partial charge in [0, 0.05) is 13.1 Å². The van der Waals surface area contributed by atoms with Gasteiger partial charge in [-0.25, -0.2) is 0 Å². The third-order valence-electron chi connectivity index (χ3n) is 1.73. The van der Waals surface area contributed by atoms with Crippen LogP contribution in [0.25, 0.3) is 0 Å². The number of morpholine rings is 1. The van der Waals surface area contributed by atoms with Crippen molar-refractivity contribution in [2.75, 3.05) is 26.3 Å². The molecule has 0 aromatic heterocycles. The highest BCUT2D eigenvalue weighted by Crippen LogP contribution is 2.03. The van der Waals surface area contributed by atoms with Gasteiger partial charge in [-0.2, -0.15) is 0 Å². The lowest BCUT2D eigenvalue weighted by Gasteiger charge is -2.30. The quantitative estimate of drug-likeness (QED) is 0.550. The molecule has 0 N–H and O–H groups in total. The Kier molecular flexibility index (Phi) is 3.12. The lowest BCUT2D eigenvalue weighted by molar-refractivity contribution is -0.0572. The number of hydrogen-bond donors (Lipinski definition) is 0. The third kappa shape index (κ3) is 1.94. The van der Waals surface area contributed by atoms with Crippen molar-refractivity contribution >= 4 is 0 Å². The molecule has 3 radical (unpaired) electrons. The van der Waals surface area contributed by atoms with Gasteiger partial charge in [0.15, 0.2) is 7.11 Å². The van der Waals surface area contributed by atoms with E-state index in [1.807, 2.05) is 6.92 Å². The van der Waals surface area contributed by atoms with E-state index in [0.29, 0.717) is 0 Å². The van der Waals surface area contributed by atoms with Crippen LogP contribution in [0.5, 0.6) is 0 Å². The van der Waals surface area contributed by atoms with Crippen molar-refractivity contribution in [3.05, 3.63) is 7.11 Å². The zero-order valence-corrected chi connectivity index (χ0v) is 6.17. The molecule has 1 aliphatic rings. The molecule has 3 nitrogen and oxygen atoms in total. The van der Waals surface area contributed by atoms with E-state index in [4.69, 9.17) is 11.8 Å². The summed E-state index contributed by atoms with van der Waals surface area (Å²) in [5, 5.41) is 0. The van der Waals surface area contributed by atoms with Gasteiger partial charge in [0.1, 0.15) is 6.23 Å². The van der Waals surface area contributed by atoms with E-state index in [0.717, 1.165) is 26.3 Å². The molecule has 0 amide bonds. The Hall–Kier alpha value is -0.120. The minimum absolute atomic E-state index is 0.0936. The summed E-state index contributed by atoms with van der Waals surface area (Å²) in [5.74, 6) is 0. The monoisotopic (exact) mass is 142 g/mol. The van der Waals surface area contributed by atoms with Crippen LogP contribution in [0.2, 0.25) is 0 Å². The third-order valence-corrected chi connectivity index (χ3v) is 1.73. The molecule has 0 saturated carbocycles. The molecule has 1 aliphatic heterocycles. The van der Waals surface area contributed by atoms with Crippen LogP contribution in [0.1, 0.15) is 6.92 Å². The second-order valence-corrected chi connectivity index (χ2v) is 2.37. The van der Waals surface area contributed by atoms with Crippen LogP contribution in [0.15, 0.2) is 0 Å². The van der Waals surface area contributed by atoms with Crippen LogP contribution < -0.4 is 0 Å². The van der Waals surface area contributed by atoms with Crippen molar-refractivity contribution < 1.29 is 9.47 Å². The van der Waals surface area contributed by atoms with Gasteiger partial charge in [0.2, 0.25) is 0 Å².